The van der Waals surface area contributed by atoms with Crippen molar-refractivity contribution in [2.75, 3.05) is 11.9 Å². The van der Waals surface area contributed by atoms with Crippen LogP contribution in [0.1, 0.15) is 23.2 Å². The molecule has 2 amide bonds. The van der Waals surface area contributed by atoms with Gasteiger partial charge in [-0.3, -0.25) is 14.4 Å². The van der Waals surface area contributed by atoms with Gasteiger partial charge in [-0.2, -0.15) is 0 Å². The molecule has 0 spiro atoms. The molecule has 114 valence electrons. The number of hydrogen-bond acceptors (Lipinski definition) is 5. The number of nitrogens with one attached hydrogen (secondary N) is 2. The van der Waals surface area contributed by atoms with Crippen LogP contribution in [0.3, 0.4) is 0 Å². The summed E-state index contributed by atoms with van der Waals surface area (Å²) >= 11 is 1.32. The molecule has 0 unspecified atom stereocenters. The number of amides is 2. The van der Waals surface area contributed by atoms with E-state index in [4.69, 9.17) is 0 Å². The summed E-state index contributed by atoms with van der Waals surface area (Å²) in [4.78, 5) is 44.5. The lowest BCUT2D eigenvalue weighted by Gasteiger charge is -2.23. The van der Waals surface area contributed by atoms with E-state index in [1.165, 1.54) is 28.5 Å². The van der Waals surface area contributed by atoms with Gasteiger partial charge >= 0.3 is 0 Å². The summed E-state index contributed by atoms with van der Waals surface area (Å²) in [5.74, 6) is -0.688. The lowest BCUT2D eigenvalue weighted by molar-refractivity contribution is -0.119. The van der Waals surface area contributed by atoms with Gasteiger partial charge in [0.1, 0.15) is 11.6 Å². The largest absolute Gasteiger partial charge is 0.328 e. The molecule has 1 aliphatic rings. The predicted octanol–water partition coefficient (Wildman–Crippen LogP) is 1.07. The van der Waals surface area contributed by atoms with Gasteiger partial charge in [-0.15, -0.1) is 11.3 Å². The van der Waals surface area contributed by atoms with E-state index in [2.05, 4.69) is 15.3 Å². The van der Waals surface area contributed by atoms with Gasteiger partial charge in [0.15, 0.2) is 5.13 Å². The molecule has 0 radical (unpaired) electrons. The molecule has 8 heteroatoms. The summed E-state index contributed by atoms with van der Waals surface area (Å²) in [6.45, 7) is 0.461. The molecule has 3 rings (SSSR count). The van der Waals surface area contributed by atoms with Crippen molar-refractivity contribution in [3.05, 3.63) is 45.8 Å². The van der Waals surface area contributed by atoms with E-state index in [0.717, 1.165) is 6.42 Å². The summed E-state index contributed by atoms with van der Waals surface area (Å²) in [6, 6.07) is 2.49. The molecule has 0 bridgehead atoms. The summed E-state index contributed by atoms with van der Waals surface area (Å²) in [7, 11) is 0. The third kappa shape index (κ3) is 2.77. The Hall–Kier alpha value is -2.48. The van der Waals surface area contributed by atoms with Gasteiger partial charge in [-0.25, -0.2) is 4.98 Å². The fraction of sp³-hybridized carbons (Fsp3) is 0.286. The Morgan fingerprint density at radius 1 is 1.45 bits per heavy atom. The first-order chi connectivity index (χ1) is 10.7. The van der Waals surface area contributed by atoms with E-state index in [0.29, 0.717) is 18.1 Å². The lowest BCUT2D eigenvalue weighted by Crippen LogP contribution is -2.44. The number of nitrogens with zero attached hydrogens (tertiary/aromatic N) is 2. The first kappa shape index (κ1) is 14.5. The van der Waals surface area contributed by atoms with Crippen molar-refractivity contribution in [1.29, 1.82) is 0 Å². The number of H-pyrrole nitrogens is 1. The Morgan fingerprint density at radius 2 is 2.32 bits per heavy atom. The van der Waals surface area contributed by atoms with Crippen LogP contribution in [-0.4, -0.2) is 39.3 Å². The predicted molar refractivity (Wildman–Crippen MR) is 81.9 cm³/mol. The Morgan fingerprint density at radius 3 is 3.05 bits per heavy atom. The number of thiazole rings is 1. The second-order valence-electron chi connectivity index (χ2n) is 4.90. The Kier molecular flexibility index (Phi) is 4.01. The van der Waals surface area contributed by atoms with Crippen molar-refractivity contribution < 1.29 is 9.59 Å². The molecule has 2 N–H and O–H groups in total. The van der Waals surface area contributed by atoms with E-state index in [-0.39, 0.29) is 11.5 Å². The maximum absolute atomic E-state index is 12.5. The van der Waals surface area contributed by atoms with Crippen molar-refractivity contribution in [3.8, 4) is 0 Å². The average molecular weight is 318 g/mol. The highest BCUT2D eigenvalue weighted by Crippen LogP contribution is 2.21. The van der Waals surface area contributed by atoms with Gasteiger partial charge in [-0.05, 0) is 25.0 Å². The molecule has 1 fully saturated rings. The topological polar surface area (TPSA) is 95.2 Å². The van der Waals surface area contributed by atoms with Gasteiger partial charge in [0.05, 0.1) is 0 Å². The summed E-state index contributed by atoms with van der Waals surface area (Å²) in [5, 5.41) is 4.97. The van der Waals surface area contributed by atoms with Crippen LogP contribution in [0.15, 0.2) is 34.7 Å². The van der Waals surface area contributed by atoms with Crippen LogP contribution < -0.4 is 10.9 Å². The minimum Gasteiger partial charge on any atom is -0.328 e. The maximum Gasteiger partial charge on any atom is 0.260 e. The van der Waals surface area contributed by atoms with Crippen LogP contribution in [-0.2, 0) is 4.79 Å². The number of aromatic amines is 1. The van der Waals surface area contributed by atoms with E-state index in [1.807, 2.05) is 0 Å². The minimum absolute atomic E-state index is 0.0523. The standard InChI is InChI=1S/C14H14N4O3S/c19-11-9(3-1-5-15-11)13(21)18-7-2-4-10(18)12(20)17-14-16-6-8-22-14/h1,3,5-6,8,10H,2,4,7H2,(H,15,19)(H,16,17,20)/t10-/m1/s1. The minimum atomic E-state index is -0.573. The zero-order chi connectivity index (χ0) is 15.5. The highest BCUT2D eigenvalue weighted by atomic mass is 32.1. The normalized spacial score (nSPS) is 17.5. The molecule has 0 saturated carbocycles. The molecule has 0 aliphatic carbocycles. The summed E-state index contributed by atoms with van der Waals surface area (Å²) in [6.07, 6.45) is 4.37. The fourth-order valence-corrected chi connectivity index (χ4v) is 3.03. The number of carbonyl (C=O) groups excluding carboxylic acids is 2. The summed E-state index contributed by atoms with van der Waals surface area (Å²) < 4.78 is 0. The molecular weight excluding hydrogens is 304 g/mol. The zero-order valence-corrected chi connectivity index (χ0v) is 12.4. The van der Waals surface area contributed by atoms with Crippen molar-refractivity contribution in [2.24, 2.45) is 0 Å². The number of likely N-dealkylation sites (tertiary alicyclic amines) is 1. The van der Waals surface area contributed by atoms with Crippen LogP contribution in [0.25, 0.3) is 0 Å². The van der Waals surface area contributed by atoms with Crippen molar-refractivity contribution >= 4 is 28.3 Å². The third-order valence-corrected chi connectivity index (χ3v) is 4.22. The SMILES string of the molecule is O=C(Nc1nccs1)[C@H]1CCCN1C(=O)c1ccc[nH]c1=O. The van der Waals surface area contributed by atoms with Crippen LogP contribution in [0, 0.1) is 0 Å². The van der Waals surface area contributed by atoms with Crippen LogP contribution in [0.2, 0.25) is 0 Å². The Balaban J connectivity index is 1.78. The Labute approximate surface area is 130 Å². The second-order valence-corrected chi connectivity index (χ2v) is 5.79. The third-order valence-electron chi connectivity index (χ3n) is 3.53. The zero-order valence-electron chi connectivity index (χ0n) is 11.6. The number of rotatable bonds is 3. The van der Waals surface area contributed by atoms with Gasteiger partial charge in [0, 0.05) is 24.3 Å². The molecule has 2 aromatic heterocycles. The highest BCUT2D eigenvalue weighted by molar-refractivity contribution is 7.13. The van der Waals surface area contributed by atoms with Crippen LogP contribution in [0.5, 0.6) is 0 Å². The van der Waals surface area contributed by atoms with Gasteiger partial charge < -0.3 is 15.2 Å². The first-order valence-electron chi connectivity index (χ1n) is 6.86. The van der Waals surface area contributed by atoms with Crippen LogP contribution >= 0.6 is 11.3 Å². The number of hydrogen-bond donors (Lipinski definition) is 2. The van der Waals surface area contributed by atoms with E-state index in [9.17, 15) is 14.4 Å². The number of anilines is 1. The molecule has 1 saturated heterocycles. The quantitative estimate of drug-likeness (QED) is 0.885. The monoisotopic (exact) mass is 318 g/mol. The van der Waals surface area contributed by atoms with E-state index in [1.54, 1.807) is 17.6 Å². The van der Waals surface area contributed by atoms with Crippen molar-refractivity contribution in [2.45, 2.75) is 18.9 Å². The van der Waals surface area contributed by atoms with Crippen LogP contribution in [0.4, 0.5) is 5.13 Å². The molecule has 3 heterocycles. The van der Waals surface area contributed by atoms with E-state index < -0.39 is 17.5 Å². The molecule has 1 atom stereocenters. The molecule has 0 aromatic carbocycles. The molecule has 7 nitrogen and oxygen atoms in total. The summed E-state index contributed by atoms with van der Waals surface area (Å²) in [5.41, 5.74) is -0.394. The first-order valence-corrected chi connectivity index (χ1v) is 7.74. The molecule has 2 aromatic rings. The number of aromatic nitrogens is 2. The number of carbonyl (C=O) groups is 2. The molecular formula is C14H14N4O3S. The molecule has 22 heavy (non-hydrogen) atoms. The van der Waals surface area contributed by atoms with E-state index >= 15 is 0 Å². The fourth-order valence-electron chi connectivity index (χ4n) is 2.50. The second kappa shape index (κ2) is 6.10. The maximum atomic E-state index is 12.5. The van der Waals surface area contributed by atoms with Crippen molar-refractivity contribution in [3.63, 3.8) is 0 Å². The van der Waals surface area contributed by atoms with Gasteiger partial charge in [0.25, 0.3) is 11.5 Å². The van der Waals surface area contributed by atoms with Gasteiger partial charge in [-0.1, -0.05) is 0 Å². The number of pyridine rings is 1. The highest BCUT2D eigenvalue weighted by Gasteiger charge is 2.35. The van der Waals surface area contributed by atoms with Crippen molar-refractivity contribution in [1.82, 2.24) is 14.9 Å². The lowest BCUT2D eigenvalue weighted by atomic mass is 10.2. The molecule has 1 aliphatic heterocycles. The van der Waals surface area contributed by atoms with Gasteiger partial charge in [0.2, 0.25) is 5.91 Å². The average Bonchev–Trinajstić information content (AvgIpc) is 3.18. The smallest absolute Gasteiger partial charge is 0.260 e. The Bertz CT molecular complexity index is 741.